The largest absolute Gasteiger partial charge is 0.382 e. The van der Waals surface area contributed by atoms with Gasteiger partial charge in [-0.1, -0.05) is 12.8 Å². The third-order valence-electron chi connectivity index (χ3n) is 4.43. The van der Waals surface area contributed by atoms with Crippen LogP contribution in [-0.2, 0) is 19.0 Å². The zero-order chi connectivity index (χ0) is 15.6. The van der Waals surface area contributed by atoms with Gasteiger partial charge in [-0.2, -0.15) is 0 Å². The van der Waals surface area contributed by atoms with Gasteiger partial charge >= 0.3 is 0 Å². The summed E-state index contributed by atoms with van der Waals surface area (Å²) >= 11 is 0. The Morgan fingerprint density at radius 1 is 1.14 bits per heavy atom. The molecule has 1 unspecified atom stereocenters. The number of rotatable bonds is 7. The normalized spacial score (nSPS) is 24.2. The van der Waals surface area contributed by atoms with Crippen molar-refractivity contribution in [1.82, 2.24) is 9.80 Å². The Morgan fingerprint density at radius 3 is 2.73 bits per heavy atom. The molecule has 128 valence electrons. The van der Waals surface area contributed by atoms with E-state index in [0.29, 0.717) is 19.3 Å². The number of methoxy groups -OCH3 is 1. The zero-order valence-corrected chi connectivity index (χ0v) is 13.8. The Morgan fingerprint density at radius 2 is 1.95 bits per heavy atom. The summed E-state index contributed by atoms with van der Waals surface area (Å²) in [6.07, 6.45) is 4.63. The monoisotopic (exact) mass is 314 g/mol. The van der Waals surface area contributed by atoms with Crippen molar-refractivity contribution >= 4 is 5.91 Å². The molecule has 0 aromatic carbocycles. The number of morpholine rings is 1. The first kappa shape index (κ1) is 17.7. The lowest BCUT2D eigenvalue weighted by atomic mass is 10.1. The molecule has 0 saturated carbocycles. The maximum absolute atomic E-state index is 12.5. The molecule has 6 heteroatoms. The second-order valence-corrected chi connectivity index (χ2v) is 6.05. The van der Waals surface area contributed by atoms with Crippen LogP contribution in [0.4, 0.5) is 0 Å². The number of amides is 1. The summed E-state index contributed by atoms with van der Waals surface area (Å²) < 4.78 is 15.8. The van der Waals surface area contributed by atoms with Gasteiger partial charge in [-0.25, -0.2) is 0 Å². The summed E-state index contributed by atoms with van der Waals surface area (Å²) in [5.74, 6) is 0.122. The fraction of sp³-hybridized carbons (Fsp3) is 0.938. The van der Waals surface area contributed by atoms with Crippen molar-refractivity contribution in [3.05, 3.63) is 0 Å². The van der Waals surface area contributed by atoms with Gasteiger partial charge in [-0.05, 0) is 12.8 Å². The minimum Gasteiger partial charge on any atom is -0.382 e. The standard InChI is InChI=1S/C16H30N2O4/c1-20-11-12-22-14-16(19)18-6-4-2-3-5-15(18)13-17-7-9-21-10-8-17/h15H,2-14H2,1H3. The van der Waals surface area contributed by atoms with E-state index in [9.17, 15) is 4.79 Å². The van der Waals surface area contributed by atoms with Crippen molar-refractivity contribution in [3.63, 3.8) is 0 Å². The van der Waals surface area contributed by atoms with Crippen LogP contribution in [0.25, 0.3) is 0 Å². The Hall–Kier alpha value is -0.690. The maximum atomic E-state index is 12.5. The third kappa shape index (κ3) is 5.83. The summed E-state index contributed by atoms with van der Waals surface area (Å²) in [4.78, 5) is 17.0. The Labute approximate surface area is 133 Å². The molecule has 2 aliphatic rings. The summed E-state index contributed by atoms with van der Waals surface area (Å²) in [7, 11) is 1.64. The molecule has 2 heterocycles. The van der Waals surface area contributed by atoms with Crippen molar-refractivity contribution in [3.8, 4) is 0 Å². The Bertz CT molecular complexity index is 321. The zero-order valence-electron chi connectivity index (χ0n) is 13.8. The van der Waals surface area contributed by atoms with Crippen LogP contribution in [0.5, 0.6) is 0 Å². The van der Waals surface area contributed by atoms with Gasteiger partial charge in [-0.3, -0.25) is 9.69 Å². The number of hydrogen-bond acceptors (Lipinski definition) is 5. The molecule has 2 fully saturated rings. The minimum atomic E-state index is 0.122. The van der Waals surface area contributed by atoms with Crippen LogP contribution >= 0.6 is 0 Å². The van der Waals surface area contributed by atoms with Crippen LogP contribution in [0.2, 0.25) is 0 Å². The summed E-state index contributed by atoms with van der Waals surface area (Å²) in [6, 6.07) is 0.319. The smallest absolute Gasteiger partial charge is 0.248 e. The summed E-state index contributed by atoms with van der Waals surface area (Å²) in [6.45, 7) is 6.57. The van der Waals surface area contributed by atoms with E-state index in [2.05, 4.69) is 9.80 Å². The average Bonchev–Trinajstić information content (AvgIpc) is 2.78. The van der Waals surface area contributed by atoms with Crippen LogP contribution in [0.15, 0.2) is 0 Å². The van der Waals surface area contributed by atoms with Crippen molar-refractivity contribution < 1.29 is 19.0 Å². The lowest BCUT2D eigenvalue weighted by molar-refractivity contribution is -0.139. The molecule has 0 aromatic rings. The van der Waals surface area contributed by atoms with Crippen molar-refractivity contribution in [1.29, 1.82) is 0 Å². The first-order valence-electron chi connectivity index (χ1n) is 8.47. The quantitative estimate of drug-likeness (QED) is 0.649. The average molecular weight is 314 g/mol. The highest BCUT2D eigenvalue weighted by atomic mass is 16.5. The van der Waals surface area contributed by atoms with E-state index >= 15 is 0 Å². The second kappa shape index (κ2) is 10.2. The number of likely N-dealkylation sites (tertiary alicyclic amines) is 1. The van der Waals surface area contributed by atoms with Gasteiger partial charge in [0, 0.05) is 39.3 Å². The van der Waals surface area contributed by atoms with E-state index in [1.807, 2.05) is 0 Å². The minimum absolute atomic E-state index is 0.122. The Balaban J connectivity index is 1.84. The van der Waals surface area contributed by atoms with Crippen LogP contribution in [0.1, 0.15) is 25.7 Å². The highest BCUT2D eigenvalue weighted by Crippen LogP contribution is 2.18. The number of ether oxygens (including phenoxy) is 3. The molecule has 22 heavy (non-hydrogen) atoms. The number of carbonyl (C=O) groups excluding carboxylic acids is 1. The van der Waals surface area contributed by atoms with Crippen molar-refractivity contribution in [2.24, 2.45) is 0 Å². The van der Waals surface area contributed by atoms with E-state index < -0.39 is 0 Å². The molecule has 0 aromatic heterocycles. The van der Waals surface area contributed by atoms with Crippen LogP contribution in [-0.4, -0.2) is 88.1 Å². The predicted molar refractivity (Wildman–Crippen MR) is 83.9 cm³/mol. The van der Waals surface area contributed by atoms with Crippen molar-refractivity contribution in [2.75, 3.05) is 66.3 Å². The van der Waals surface area contributed by atoms with Gasteiger partial charge in [0.1, 0.15) is 6.61 Å². The lowest BCUT2D eigenvalue weighted by Gasteiger charge is -2.36. The molecule has 2 aliphatic heterocycles. The van der Waals surface area contributed by atoms with Crippen LogP contribution < -0.4 is 0 Å². The van der Waals surface area contributed by atoms with E-state index in [0.717, 1.165) is 52.2 Å². The van der Waals surface area contributed by atoms with E-state index in [-0.39, 0.29) is 12.5 Å². The molecule has 0 N–H and O–H groups in total. The topological polar surface area (TPSA) is 51.2 Å². The van der Waals surface area contributed by atoms with Gasteiger partial charge in [-0.15, -0.1) is 0 Å². The molecular formula is C16H30N2O4. The van der Waals surface area contributed by atoms with Crippen LogP contribution in [0.3, 0.4) is 0 Å². The Kier molecular flexibility index (Phi) is 8.15. The fourth-order valence-corrected chi connectivity index (χ4v) is 3.16. The highest BCUT2D eigenvalue weighted by Gasteiger charge is 2.27. The van der Waals surface area contributed by atoms with Crippen molar-refractivity contribution in [2.45, 2.75) is 31.7 Å². The molecule has 2 rings (SSSR count). The number of carbonyl (C=O) groups is 1. The molecule has 6 nitrogen and oxygen atoms in total. The van der Waals surface area contributed by atoms with Gasteiger partial charge in [0.25, 0.3) is 0 Å². The first-order valence-corrected chi connectivity index (χ1v) is 8.47. The molecule has 1 atom stereocenters. The fourth-order valence-electron chi connectivity index (χ4n) is 3.16. The number of hydrogen-bond donors (Lipinski definition) is 0. The third-order valence-corrected chi connectivity index (χ3v) is 4.43. The van der Waals surface area contributed by atoms with Gasteiger partial charge in [0.05, 0.1) is 26.4 Å². The SMILES string of the molecule is COCCOCC(=O)N1CCCCCC1CN1CCOCC1. The van der Waals surface area contributed by atoms with Crippen LogP contribution in [0, 0.1) is 0 Å². The molecule has 0 spiro atoms. The van der Waals surface area contributed by atoms with Gasteiger partial charge in [0.2, 0.25) is 5.91 Å². The van der Waals surface area contributed by atoms with E-state index in [4.69, 9.17) is 14.2 Å². The molecular weight excluding hydrogens is 284 g/mol. The molecule has 0 radical (unpaired) electrons. The molecule has 2 saturated heterocycles. The molecule has 0 bridgehead atoms. The van der Waals surface area contributed by atoms with Gasteiger partial charge < -0.3 is 19.1 Å². The highest BCUT2D eigenvalue weighted by molar-refractivity contribution is 5.77. The second-order valence-electron chi connectivity index (χ2n) is 6.05. The lowest BCUT2D eigenvalue weighted by Crippen LogP contribution is -2.50. The predicted octanol–water partition coefficient (Wildman–Crippen LogP) is 0.753. The molecule has 0 aliphatic carbocycles. The van der Waals surface area contributed by atoms with E-state index in [1.165, 1.54) is 12.8 Å². The first-order chi connectivity index (χ1) is 10.8. The molecule has 1 amide bonds. The summed E-state index contributed by atoms with van der Waals surface area (Å²) in [5.41, 5.74) is 0. The van der Waals surface area contributed by atoms with Gasteiger partial charge in [0.15, 0.2) is 0 Å². The maximum Gasteiger partial charge on any atom is 0.248 e. The van der Waals surface area contributed by atoms with E-state index in [1.54, 1.807) is 7.11 Å². The summed E-state index contributed by atoms with van der Waals surface area (Å²) in [5, 5.41) is 0. The number of nitrogens with zero attached hydrogens (tertiary/aromatic N) is 2.